The highest BCUT2D eigenvalue weighted by atomic mass is 35.5. The van der Waals surface area contributed by atoms with Crippen LogP contribution in [0.3, 0.4) is 0 Å². The Morgan fingerprint density at radius 3 is 2.49 bits per heavy atom. The van der Waals surface area contributed by atoms with E-state index >= 15 is 0 Å². The summed E-state index contributed by atoms with van der Waals surface area (Å²) >= 11 is 6.54. The molecule has 3 aromatic rings. The van der Waals surface area contributed by atoms with Gasteiger partial charge in [-0.05, 0) is 83.5 Å². The molecule has 1 N–H and O–H groups in total. The molecule has 35 heavy (non-hydrogen) atoms. The van der Waals surface area contributed by atoms with Crippen molar-refractivity contribution in [2.75, 3.05) is 32.1 Å². The number of carbonyl (C=O) groups is 1. The fraction of sp³-hybridized carbons (Fsp3) is 0.500. The molecule has 1 fully saturated rings. The summed E-state index contributed by atoms with van der Waals surface area (Å²) in [5, 5.41) is 3.70. The molecule has 0 aliphatic heterocycles. The molecule has 0 bridgehead atoms. The molecule has 1 aliphatic carbocycles. The van der Waals surface area contributed by atoms with E-state index in [-0.39, 0.29) is 5.91 Å². The number of carbonyl (C=O) groups excluding carboxylic acids is 1. The average Bonchev–Trinajstić information content (AvgIpc) is 3.17. The molecular weight excluding hydrogens is 458 g/mol. The molecule has 6 nitrogen and oxygen atoms in total. The van der Waals surface area contributed by atoms with E-state index in [2.05, 4.69) is 46.8 Å². The van der Waals surface area contributed by atoms with Crippen molar-refractivity contribution in [2.24, 2.45) is 7.05 Å². The van der Waals surface area contributed by atoms with E-state index in [9.17, 15) is 4.79 Å². The van der Waals surface area contributed by atoms with Gasteiger partial charge < -0.3 is 19.7 Å². The molecule has 1 heterocycles. The number of para-hydroxylation sites is 2. The van der Waals surface area contributed by atoms with Crippen LogP contribution < -0.4 is 10.2 Å². The van der Waals surface area contributed by atoms with Crippen LogP contribution in [0.25, 0.3) is 11.0 Å². The first-order valence-corrected chi connectivity index (χ1v) is 13.1. The van der Waals surface area contributed by atoms with Crippen LogP contribution in [0.1, 0.15) is 54.4 Å². The standard InChI is InChI=1S/C28H38ClN5O/c1-6-34(22-13-11-21(12-14-22)32(3)4)26-18-20(29)17-23(19(26)2)28(35)30-16-15-27-31-24-9-7-8-10-25(24)33(27)5/h7-10,17-18,21-22H,6,11-16H2,1-5H3,(H,30,35)/t21-,22-. The molecule has 1 aliphatic rings. The largest absolute Gasteiger partial charge is 0.369 e. The third-order valence-electron chi connectivity index (χ3n) is 7.59. The van der Waals surface area contributed by atoms with Gasteiger partial charge in [0.25, 0.3) is 5.91 Å². The molecular formula is C28H38ClN5O. The number of hydrogen-bond donors (Lipinski definition) is 1. The lowest BCUT2D eigenvalue weighted by Crippen LogP contribution is -2.42. The van der Waals surface area contributed by atoms with Crippen molar-refractivity contribution in [3.8, 4) is 0 Å². The highest BCUT2D eigenvalue weighted by Gasteiger charge is 2.28. The number of amides is 1. The molecule has 0 unspecified atom stereocenters. The van der Waals surface area contributed by atoms with Crippen LogP contribution >= 0.6 is 11.6 Å². The van der Waals surface area contributed by atoms with Crippen LogP contribution in [-0.4, -0.2) is 59.6 Å². The number of fused-ring (bicyclic) bond motifs is 1. The van der Waals surface area contributed by atoms with Crippen LogP contribution in [0.4, 0.5) is 5.69 Å². The van der Waals surface area contributed by atoms with Crippen molar-refractivity contribution >= 4 is 34.2 Å². The van der Waals surface area contributed by atoms with Crippen LogP contribution in [0.15, 0.2) is 36.4 Å². The molecule has 4 rings (SSSR count). The highest BCUT2D eigenvalue weighted by Crippen LogP contribution is 2.34. The summed E-state index contributed by atoms with van der Waals surface area (Å²) in [6, 6.07) is 13.0. The summed E-state index contributed by atoms with van der Waals surface area (Å²) in [6.07, 6.45) is 5.37. The Hall–Kier alpha value is -2.57. The van der Waals surface area contributed by atoms with E-state index < -0.39 is 0 Å². The number of aromatic nitrogens is 2. The van der Waals surface area contributed by atoms with Gasteiger partial charge in [-0.25, -0.2) is 4.98 Å². The van der Waals surface area contributed by atoms with Gasteiger partial charge in [0, 0.05) is 54.9 Å². The smallest absolute Gasteiger partial charge is 0.251 e. The predicted octanol–water partition coefficient (Wildman–Crippen LogP) is 5.21. The summed E-state index contributed by atoms with van der Waals surface area (Å²) < 4.78 is 2.09. The SMILES string of the molecule is CCN(c1cc(Cl)cc(C(=O)NCCc2nc3ccccc3n2C)c1C)[C@H]1CC[C@H](N(C)C)CC1. The second-order valence-electron chi connectivity index (χ2n) is 9.89. The van der Waals surface area contributed by atoms with Gasteiger partial charge >= 0.3 is 0 Å². The zero-order valence-electron chi connectivity index (χ0n) is 21.6. The van der Waals surface area contributed by atoms with E-state index in [1.54, 1.807) is 6.07 Å². The minimum absolute atomic E-state index is 0.0858. The molecule has 2 aromatic carbocycles. The van der Waals surface area contributed by atoms with E-state index in [1.807, 2.05) is 38.2 Å². The van der Waals surface area contributed by atoms with Crippen molar-refractivity contribution in [3.05, 3.63) is 58.4 Å². The Labute approximate surface area is 214 Å². The van der Waals surface area contributed by atoms with Crippen molar-refractivity contribution < 1.29 is 4.79 Å². The third-order valence-corrected chi connectivity index (χ3v) is 7.81. The summed E-state index contributed by atoms with van der Waals surface area (Å²) in [7, 11) is 6.36. The lowest BCUT2D eigenvalue weighted by molar-refractivity contribution is 0.0953. The Morgan fingerprint density at radius 2 is 1.83 bits per heavy atom. The second kappa shape index (κ2) is 11.0. The Balaban J connectivity index is 1.46. The first-order valence-electron chi connectivity index (χ1n) is 12.7. The first-order chi connectivity index (χ1) is 16.8. The molecule has 1 amide bonds. The van der Waals surface area contributed by atoms with Gasteiger partial charge in [0.1, 0.15) is 5.82 Å². The molecule has 188 valence electrons. The number of benzene rings is 2. The minimum atomic E-state index is -0.0858. The van der Waals surface area contributed by atoms with Crippen LogP contribution in [-0.2, 0) is 13.5 Å². The van der Waals surface area contributed by atoms with E-state index in [4.69, 9.17) is 16.6 Å². The Morgan fingerprint density at radius 1 is 1.14 bits per heavy atom. The number of rotatable bonds is 8. The van der Waals surface area contributed by atoms with Gasteiger partial charge in [-0.15, -0.1) is 0 Å². The van der Waals surface area contributed by atoms with E-state index in [0.717, 1.165) is 47.5 Å². The molecule has 1 saturated carbocycles. The highest BCUT2D eigenvalue weighted by molar-refractivity contribution is 6.31. The Kier molecular flexibility index (Phi) is 8.02. The van der Waals surface area contributed by atoms with Crippen LogP contribution in [0, 0.1) is 6.92 Å². The number of aryl methyl sites for hydroxylation is 1. The Bertz CT molecular complexity index is 1180. The third kappa shape index (κ3) is 5.49. The summed E-state index contributed by atoms with van der Waals surface area (Å²) in [5.41, 5.74) is 4.80. The molecule has 1 aromatic heterocycles. The maximum atomic E-state index is 13.2. The first kappa shape index (κ1) is 25.5. The number of nitrogens with one attached hydrogen (secondary N) is 1. The maximum Gasteiger partial charge on any atom is 0.251 e. The van der Waals surface area contributed by atoms with E-state index in [0.29, 0.717) is 35.6 Å². The second-order valence-corrected chi connectivity index (χ2v) is 10.3. The fourth-order valence-electron chi connectivity index (χ4n) is 5.51. The summed E-state index contributed by atoms with van der Waals surface area (Å²) in [6.45, 7) is 5.64. The summed E-state index contributed by atoms with van der Waals surface area (Å²) in [5.74, 6) is 0.873. The normalized spacial score (nSPS) is 18.3. The van der Waals surface area contributed by atoms with Gasteiger partial charge in [-0.3, -0.25) is 4.79 Å². The molecule has 0 saturated heterocycles. The monoisotopic (exact) mass is 495 g/mol. The zero-order chi connectivity index (χ0) is 25.1. The van der Waals surface area contributed by atoms with Crippen molar-refractivity contribution in [1.82, 2.24) is 19.8 Å². The number of nitrogens with zero attached hydrogens (tertiary/aromatic N) is 4. The van der Waals surface area contributed by atoms with Gasteiger partial charge in [0.15, 0.2) is 0 Å². The number of hydrogen-bond acceptors (Lipinski definition) is 4. The lowest BCUT2D eigenvalue weighted by Gasteiger charge is -2.40. The average molecular weight is 496 g/mol. The molecule has 0 spiro atoms. The molecule has 7 heteroatoms. The maximum absolute atomic E-state index is 13.2. The van der Waals surface area contributed by atoms with Gasteiger partial charge in [0.05, 0.1) is 11.0 Å². The molecule has 0 atom stereocenters. The number of anilines is 1. The molecule has 0 radical (unpaired) electrons. The van der Waals surface area contributed by atoms with Gasteiger partial charge in [-0.2, -0.15) is 0 Å². The van der Waals surface area contributed by atoms with Crippen LogP contribution in [0.5, 0.6) is 0 Å². The van der Waals surface area contributed by atoms with Gasteiger partial charge in [0.2, 0.25) is 0 Å². The number of halogens is 1. The summed E-state index contributed by atoms with van der Waals surface area (Å²) in [4.78, 5) is 22.7. The van der Waals surface area contributed by atoms with Crippen molar-refractivity contribution in [2.45, 2.75) is 58.0 Å². The zero-order valence-corrected chi connectivity index (χ0v) is 22.4. The minimum Gasteiger partial charge on any atom is -0.369 e. The quantitative estimate of drug-likeness (QED) is 0.466. The fourth-order valence-corrected chi connectivity index (χ4v) is 5.72. The number of imidazole rings is 1. The predicted molar refractivity (Wildman–Crippen MR) is 146 cm³/mol. The lowest BCUT2D eigenvalue weighted by atomic mass is 9.89. The van der Waals surface area contributed by atoms with Crippen molar-refractivity contribution in [3.63, 3.8) is 0 Å². The van der Waals surface area contributed by atoms with Crippen molar-refractivity contribution in [1.29, 1.82) is 0 Å². The topological polar surface area (TPSA) is 53.4 Å². The van der Waals surface area contributed by atoms with Crippen LogP contribution in [0.2, 0.25) is 5.02 Å². The van der Waals surface area contributed by atoms with Gasteiger partial charge in [-0.1, -0.05) is 23.7 Å². The van der Waals surface area contributed by atoms with E-state index in [1.165, 1.54) is 12.8 Å².